The van der Waals surface area contributed by atoms with Crippen molar-refractivity contribution in [3.05, 3.63) is 64.1 Å². The minimum atomic E-state index is -0.417. The highest BCUT2D eigenvalue weighted by atomic mass is 35.5. The summed E-state index contributed by atoms with van der Waals surface area (Å²) in [5.74, 6) is -0.768. The molecule has 0 spiro atoms. The molecular formula is C20H19ClN2O3S. The molecule has 0 unspecified atom stereocenters. The summed E-state index contributed by atoms with van der Waals surface area (Å²) in [6.45, 7) is 1.54. The van der Waals surface area contributed by atoms with E-state index in [2.05, 4.69) is 10.3 Å². The van der Waals surface area contributed by atoms with Crippen LogP contribution < -0.4 is 5.32 Å². The average Bonchev–Trinajstić information content (AvgIpc) is 3.07. The van der Waals surface area contributed by atoms with E-state index in [1.165, 1.54) is 0 Å². The Morgan fingerprint density at radius 3 is 2.81 bits per heavy atom. The molecular weight excluding hydrogens is 384 g/mol. The van der Waals surface area contributed by atoms with Gasteiger partial charge in [0.1, 0.15) is 0 Å². The summed E-state index contributed by atoms with van der Waals surface area (Å²) in [6.07, 6.45) is 0.690. The molecule has 140 valence electrons. The minimum Gasteiger partial charge on any atom is -0.456 e. The predicted octanol–water partition coefficient (Wildman–Crippen LogP) is 4.30. The van der Waals surface area contributed by atoms with Crippen LogP contribution in [-0.2, 0) is 20.7 Å². The number of hydrogen-bond acceptors (Lipinski definition) is 5. The third kappa shape index (κ3) is 5.52. The number of nitrogens with one attached hydrogen (secondary N) is 1. The second-order valence-electron chi connectivity index (χ2n) is 6.08. The number of carbonyl (C=O) groups excluding carboxylic acids is 2. The Labute approximate surface area is 166 Å². The molecule has 0 bridgehead atoms. The van der Waals surface area contributed by atoms with E-state index in [4.69, 9.17) is 16.3 Å². The van der Waals surface area contributed by atoms with E-state index >= 15 is 0 Å². The summed E-state index contributed by atoms with van der Waals surface area (Å²) in [5, 5.41) is 4.27. The first-order valence-electron chi connectivity index (χ1n) is 8.56. The van der Waals surface area contributed by atoms with Crippen molar-refractivity contribution in [2.45, 2.75) is 25.8 Å². The number of rotatable bonds is 7. The minimum absolute atomic E-state index is 0.191. The lowest BCUT2D eigenvalue weighted by atomic mass is 10.1. The number of fused-ring (bicyclic) bond motifs is 1. The first-order valence-corrected chi connectivity index (χ1v) is 9.75. The van der Waals surface area contributed by atoms with Gasteiger partial charge in [-0.1, -0.05) is 35.9 Å². The van der Waals surface area contributed by atoms with Crippen LogP contribution in [0.15, 0.2) is 48.5 Å². The number of benzene rings is 2. The molecule has 0 saturated carbocycles. The van der Waals surface area contributed by atoms with E-state index in [-0.39, 0.29) is 25.0 Å². The SMILES string of the molecule is C[C@H](NC(=O)COC(=O)CCc1nc2ccccc2s1)c1cccc(Cl)c1. The molecule has 0 saturated heterocycles. The van der Waals surface area contributed by atoms with Crippen molar-refractivity contribution in [2.24, 2.45) is 0 Å². The molecule has 0 aliphatic heterocycles. The van der Waals surface area contributed by atoms with Crippen LogP contribution in [0.3, 0.4) is 0 Å². The number of halogens is 1. The van der Waals surface area contributed by atoms with Crippen molar-refractivity contribution in [1.29, 1.82) is 0 Å². The predicted molar refractivity (Wildman–Crippen MR) is 107 cm³/mol. The van der Waals surface area contributed by atoms with Crippen LogP contribution in [0, 0.1) is 0 Å². The molecule has 1 amide bonds. The molecule has 1 atom stereocenters. The Kier molecular flexibility index (Phi) is 6.42. The van der Waals surface area contributed by atoms with Gasteiger partial charge >= 0.3 is 5.97 Å². The number of ether oxygens (including phenoxy) is 1. The van der Waals surface area contributed by atoms with Crippen molar-refractivity contribution in [3.8, 4) is 0 Å². The molecule has 3 aromatic rings. The number of carbonyl (C=O) groups is 2. The van der Waals surface area contributed by atoms with Gasteiger partial charge in [0.05, 0.1) is 27.7 Å². The van der Waals surface area contributed by atoms with E-state index in [1.54, 1.807) is 23.5 Å². The Bertz CT molecular complexity index is 924. The van der Waals surface area contributed by atoms with Crippen molar-refractivity contribution >= 4 is 45.0 Å². The first kappa shape index (κ1) is 19.3. The fourth-order valence-electron chi connectivity index (χ4n) is 2.60. The molecule has 3 rings (SSSR count). The number of aryl methyl sites for hydroxylation is 1. The van der Waals surface area contributed by atoms with Crippen LogP contribution in [0.1, 0.15) is 30.0 Å². The normalized spacial score (nSPS) is 11.9. The average molecular weight is 403 g/mol. The van der Waals surface area contributed by atoms with E-state index in [1.807, 2.05) is 43.3 Å². The highest BCUT2D eigenvalue weighted by molar-refractivity contribution is 7.18. The maximum absolute atomic E-state index is 12.0. The Morgan fingerprint density at radius 1 is 1.22 bits per heavy atom. The molecule has 0 fully saturated rings. The second kappa shape index (κ2) is 8.97. The number of aromatic nitrogens is 1. The zero-order chi connectivity index (χ0) is 19.2. The summed E-state index contributed by atoms with van der Waals surface area (Å²) in [7, 11) is 0. The number of thiazole rings is 1. The second-order valence-corrected chi connectivity index (χ2v) is 7.63. The van der Waals surface area contributed by atoms with E-state index < -0.39 is 5.97 Å². The summed E-state index contributed by atoms with van der Waals surface area (Å²) >= 11 is 7.51. The number of amides is 1. The highest BCUT2D eigenvalue weighted by Gasteiger charge is 2.13. The van der Waals surface area contributed by atoms with Gasteiger partial charge in [-0.25, -0.2) is 4.98 Å². The molecule has 0 aliphatic carbocycles. The summed E-state index contributed by atoms with van der Waals surface area (Å²) in [5.41, 5.74) is 1.82. The third-order valence-electron chi connectivity index (χ3n) is 3.97. The van der Waals surface area contributed by atoms with Gasteiger partial charge in [0.15, 0.2) is 6.61 Å². The van der Waals surface area contributed by atoms with E-state index in [0.29, 0.717) is 11.4 Å². The molecule has 1 heterocycles. The molecule has 1 aromatic heterocycles. The van der Waals surface area contributed by atoms with Crippen LogP contribution in [0.5, 0.6) is 0 Å². The van der Waals surface area contributed by atoms with E-state index in [0.717, 1.165) is 20.8 Å². The molecule has 2 aromatic carbocycles. The maximum atomic E-state index is 12.0. The molecule has 0 aliphatic rings. The lowest BCUT2D eigenvalue weighted by Crippen LogP contribution is -2.31. The summed E-state index contributed by atoms with van der Waals surface area (Å²) in [6, 6.07) is 14.9. The number of hydrogen-bond donors (Lipinski definition) is 1. The molecule has 7 heteroatoms. The van der Waals surface area contributed by atoms with E-state index in [9.17, 15) is 9.59 Å². The van der Waals surface area contributed by atoms with Gasteiger partial charge in [0.25, 0.3) is 5.91 Å². The topological polar surface area (TPSA) is 68.3 Å². The lowest BCUT2D eigenvalue weighted by molar-refractivity contribution is -0.148. The molecule has 1 N–H and O–H groups in total. The van der Waals surface area contributed by atoms with Crippen molar-refractivity contribution in [3.63, 3.8) is 0 Å². The Balaban J connectivity index is 1.42. The monoisotopic (exact) mass is 402 g/mol. The van der Waals surface area contributed by atoms with Crippen molar-refractivity contribution in [2.75, 3.05) is 6.61 Å². The standard InChI is InChI=1S/C20H19ClN2O3S/c1-13(14-5-4-6-15(21)11-14)22-18(24)12-26-20(25)10-9-19-23-16-7-2-3-8-17(16)27-19/h2-8,11,13H,9-10,12H2,1H3,(H,22,24)/t13-/m0/s1. The highest BCUT2D eigenvalue weighted by Crippen LogP contribution is 2.22. The van der Waals surface area contributed by atoms with Crippen LogP contribution in [0.25, 0.3) is 10.2 Å². The fourth-order valence-corrected chi connectivity index (χ4v) is 3.76. The Hall–Kier alpha value is -2.44. The van der Waals surface area contributed by atoms with Crippen molar-refractivity contribution in [1.82, 2.24) is 10.3 Å². The Morgan fingerprint density at radius 2 is 2.04 bits per heavy atom. The third-order valence-corrected chi connectivity index (χ3v) is 5.30. The molecule has 0 radical (unpaired) electrons. The number of para-hydroxylation sites is 1. The lowest BCUT2D eigenvalue weighted by Gasteiger charge is -2.14. The molecule has 27 heavy (non-hydrogen) atoms. The van der Waals surface area contributed by atoms with Gasteiger partial charge in [-0.2, -0.15) is 0 Å². The number of esters is 1. The van der Waals surface area contributed by atoms with Crippen LogP contribution >= 0.6 is 22.9 Å². The van der Waals surface area contributed by atoms with Crippen molar-refractivity contribution < 1.29 is 14.3 Å². The van der Waals surface area contributed by atoms with Gasteiger partial charge in [-0.05, 0) is 36.8 Å². The zero-order valence-electron chi connectivity index (χ0n) is 14.8. The van der Waals surface area contributed by atoms with Gasteiger partial charge in [-0.15, -0.1) is 11.3 Å². The van der Waals surface area contributed by atoms with Crippen LogP contribution in [0.2, 0.25) is 5.02 Å². The van der Waals surface area contributed by atoms with Gasteiger partial charge in [-0.3, -0.25) is 9.59 Å². The number of nitrogens with zero attached hydrogens (tertiary/aromatic N) is 1. The quantitative estimate of drug-likeness (QED) is 0.598. The maximum Gasteiger partial charge on any atom is 0.306 e. The van der Waals surface area contributed by atoms with Crippen LogP contribution in [-0.4, -0.2) is 23.5 Å². The first-order chi connectivity index (χ1) is 13.0. The van der Waals surface area contributed by atoms with Gasteiger partial charge in [0, 0.05) is 11.4 Å². The fraction of sp³-hybridized carbons (Fsp3) is 0.250. The van der Waals surface area contributed by atoms with Gasteiger partial charge in [0.2, 0.25) is 0 Å². The van der Waals surface area contributed by atoms with Crippen LogP contribution in [0.4, 0.5) is 0 Å². The molecule has 5 nitrogen and oxygen atoms in total. The smallest absolute Gasteiger partial charge is 0.306 e. The zero-order valence-corrected chi connectivity index (χ0v) is 16.3. The summed E-state index contributed by atoms with van der Waals surface area (Å²) in [4.78, 5) is 28.4. The van der Waals surface area contributed by atoms with Gasteiger partial charge < -0.3 is 10.1 Å². The largest absolute Gasteiger partial charge is 0.456 e. The summed E-state index contributed by atoms with van der Waals surface area (Å²) < 4.78 is 6.15.